The molecule has 0 amide bonds. The van der Waals surface area contributed by atoms with Crippen LogP contribution in [-0.4, -0.2) is 28.6 Å². The van der Waals surface area contributed by atoms with Crippen LogP contribution < -0.4 is 5.73 Å². The summed E-state index contributed by atoms with van der Waals surface area (Å²) >= 11 is 0. The average Bonchev–Trinajstić information content (AvgIpc) is 2.17. The van der Waals surface area contributed by atoms with Crippen molar-refractivity contribution in [3.63, 3.8) is 0 Å². The monoisotopic (exact) mass is 198 g/mol. The molecule has 0 saturated carbocycles. The number of carbonyl (C=O) groups is 1. The van der Waals surface area contributed by atoms with E-state index in [2.05, 4.69) is 13.2 Å². The number of hydrogen-bond donors (Lipinski definition) is 2. The van der Waals surface area contributed by atoms with Gasteiger partial charge in [0, 0.05) is 0 Å². The first-order valence-corrected chi connectivity index (χ1v) is 4.62. The lowest BCUT2D eigenvalue weighted by atomic mass is 10.1. The first-order chi connectivity index (χ1) is 6.67. The molecule has 14 heavy (non-hydrogen) atoms. The van der Waals surface area contributed by atoms with Crippen LogP contribution in [0.15, 0.2) is 25.6 Å². The zero-order valence-electron chi connectivity index (χ0n) is 8.35. The summed E-state index contributed by atoms with van der Waals surface area (Å²) in [6.45, 7) is 7.65. The number of nitrogens with zero attached hydrogens (tertiary/aromatic N) is 1. The van der Waals surface area contributed by atoms with Gasteiger partial charge in [0.05, 0.1) is 0 Å². The molecule has 0 aliphatic rings. The summed E-state index contributed by atoms with van der Waals surface area (Å²) in [5.74, 6) is -0.859. The molecular formula is C10H18N2O2. The Bertz CT molecular complexity index is 196. The molecule has 0 radical (unpaired) electrons. The maximum atomic E-state index is 10.9. The van der Waals surface area contributed by atoms with E-state index in [0.717, 1.165) is 12.8 Å². The number of nitrogens with two attached hydrogens (primary N) is 1. The number of carboxylic acid groups (broad SMARTS) is 1. The topological polar surface area (TPSA) is 66.6 Å². The molecule has 0 aliphatic heterocycles. The molecule has 0 aromatic heterocycles. The molecule has 4 nitrogen and oxygen atoms in total. The summed E-state index contributed by atoms with van der Waals surface area (Å²) < 4.78 is 0. The van der Waals surface area contributed by atoms with E-state index < -0.39 is 12.0 Å². The van der Waals surface area contributed by atoms with Crippen molar-refractivity contribution in [1.82, 2.24) is 4.90 Å². The predicted octanol–water partition coefficient (Wildman–Crippen LogP) is 1.16. The third kappa shape index (κ3) is 4.09. The van der Waals surface area contributed by atoms with Gasteiger partial charge >= 0.3 is 5.97 Å². The second kappa shape index (κ2) is 7.15. The molecule has 0 bridgehead atoms. The van der Waals surface area contributed by atoms with Crippen molar-refractivity contribution in [1.29, 1.82) is 0 Å². The molecule has 0 rings (SSSR count). The smallest absolute Gasteiger partial charge is 0.326 e. The fourth-order valence-corrected chi connectivity index (χ4v) is 1.21. The van der Waals surface area contributed by atoms with Crippen molar-refractivity contribution < 1.29 is 9.90 Å². The van der Waals surface area contributed by atoms with Gasteiger partial charge in [0.25, 0.3) is 0 Å². The fraction of sp³-hybridized carbons (Fsp3) is 0.500. The van der Waals surface area contributed by atoms with Crippen molar-refractivity contribution in [2.24, 2.45) is 5.73 Å². The lowest BCUT2D eigenvalue weighted by Crippen LogP contribution is -2.33. The van der Waals surface area contributed by atoms with Crippen molar-refractivity contribution in [3.05, 3.63) is 25.6 Å². The normalized spacial score (nSPS) is 11.8. The van der Waals surface area contributed by atoms with Crippen molar-refractivity contribution >= 4 is 5.97 Å². The van der Waals surface area contributed by atoms with Gasteiger partial charge in [-0.1, -0.05) is 13.2 Å². The summed E-state index contributed by atoms with van der Waals surface area (Å²) in [7, 11) is 0. The predicted molar refractivity (Wildman–Crippen MR) is 56.6 cm³/mol. The van der Waals surface area contributed by atoms with Crippen LogP contribution in [0.2, 0.25) is 0 Å². The summed E-state index contributed by atoms with van der Waals surface area (Å²) in [6, 6.07) is -0.573. The van der Waals surface area contributed by atoms with Crippen LogP contribution in [0.25, 0.3) is 0 Å². The molecule has 0 spiro atoms. The number of unbranched alkanes of at least 4 members (excludes halogenated alkanes) is 1. The standard InChI is InChI=1S/C10H18N2O2/c1-3-12(4-2)9(10(13)14)7-5-6-8-11/h3-4,9H,1-2,5-8,11H2,(H,13,14)/t9-/m0/s1. The van der Waals surface area contributed by atoms with Gasteiger partial charge in [0.1, 0.15) is 6.04 Å². The molecule has 0 fully saturated rings. The summed E-state index contributed by atoms with van der Waals surface area (Å²) in [4.78, 5) is 12.4. The van der Waals surface area contributed by atoms with E-state index in [1.165, 1.54) is 17.3 Å². The highest BCUT2D eigenvalue weighted by atomic mass is 16.4. The minimum atomic E-state index is -0.859. The Hall–Kier alpha value is -1.29. The maximum Gasteiger partial charge on any atom is 0.326 e. The summed E-state index contributed by atoms with van der Waals surface area (Å²) in [5, 5.41) is 8.94. The first-order valence-electron chi connectivity index (χ1n) is 4.62. The first kappa shape index (κ1) is 12.7. The van der Waals surface area contributed by atoms with Gasteiger partial charge < -0.3 is 15.7 Å². The van der Waals surface area contributed by atoms with Gasteiger partial charge in [0.2, 0.25) is 0 Å². The lowest BCUT2D eigenvalue weighted by molar-refractivity contribution is -0.141. The van der Waals surface area contributed by atoms with E-state index in [-0.39, 0.29) is 0 Å². The Labute approximate surface area is 84.7 Å². The second-order valence-electron chi connectivity index (χ2n) is 2.95. The van der Waals surface area contributed by atoms with Crippen molar-refractivity contribution in [2.45, 2.75) is 25.3 Å². The zero-order valence-corrected chi connectivity index (χ0v) is 8.35. The number of aliphatic carboxylic acids is 1. The molecule has 0 heterocycles. The quantitative estimate of drug-likeness (QED) is 0.574. The fourth-order valence-electron chi connectivity index (χ4n) is 1.21. The Balaban J connectivity index is 4.19. The lowest BCUT2D eigenvalue weighted by Gasteiger charge is -2.23. The van der Waals surface area contributed by atoms with E-state index >= 15 is 0 Å². The highest BCUT2D eigenvalue weighted by Crippen LogP contribution is 2.09. The highest BCUT2D eigenvalue weighted by molar-refractivity contribution is 5.73. The number of hydrogen-bond acceptors (Lipinski definition) is 3. The SMILES string of the molecule is C=CN(C=C)[C@@H](CCCCN)C(=O)O. The molecule has 0 aromatic carbocycles. The molecule has 1 atom stereocenters. The average molecular weight is 198 g/mol. The zero-order chi connectivity index (χ0) is 11.0. The summed E-state index contributed by atoms with van der Waals surface area (Å²) in [5.41, 5.74) is 5.33. The van der Waals surface area contributed by atoms with E-state index in [0.29, 0.717) is 13.0 Å². The Morgan fingerprint density at radius 2 is 2.00 bits per heavy atom. The van der Waals surface area contributed by atoms with E-state index in [4.69, 9.17) is 10.8 Å². The van der Waals surface area contributed by atoms with Crippen LogP contribution in [-0.2, 0) is 4.79 Å². The molecule has 4 heteroatoms. The van der Waals surface area contributed by atoms with Gasteiger partial charge in [-0.05, 0) is 38.2 Å². The van der Waals surface area contributed by atoms with Gasteiger partial charge in [-0.25, -0.2) is 4.79 Å². The van der Waals surface area contributed by atoms with Crippen LogP contribution in [0.4, 0.5) is 0 Å². The van der Waals surface area contributed by atoms with Gasteiger partial charge in [-0.3, -0.25) is 0 Å². The van der Waals surface area contributed by atoms with Crippen LogP contribution >= 0.6 is 0 Å². The maximum absolute atomic E-state index is 10.9. The Morgan fingerprint density at radius 3 is 2.36 bits per heavy atom. The molecule has 3 N–H and O–H groups in total. The van der Waals surface area contributed by atoms with Crippen LogP contribution in [0.3, 0.4) is 0 Å². The largest absolute Gasteiger partial charge is 0.480 e. The highest BCUT2D eigenvalue weighted by Gasteiger charge is 2.20. The minimum absolute atomic E-state index is 0.560. The molecule has 0 unspecified atom stereocenters. The molecule has 80 valence electrons. The van der Waals surface area contributed by atoms with E-state index in [9.17, 15) is 4.79 Å². The van der Waals surface area contributed by atoms with Gasteiger partial charge in [0.15, 0.2) is 0 Å². The molecule has 0 saturated heterocycles. The number of rotatable bonds is 8. The Kier molecular flexibility index (Phi) is 6.49. The van der Waals surface area contributed by atoms with E-state index in [1.54, 1.807) is 0 Å². The second-order valence-corrected chi connectivity index (χ2v) is 2.95. The molecule has 0 aliphatic carbocycles. The third-order valence-corrected chi connectivity index (χ3v) is 2.00. The van der Waals surface area contributed by atoms with E-state index in [1.807, 2.05) is 0 Å². The van der Waals surface area contributed by atoms with Gasteiger partial charge in [-0.15, -0.1) is 0 Å². The minimum Gasteiger partial charge on any atom is -0.480 e. The molecule has 0 aromatic rings. The summed E-state index contributed by atoms with van der Waals surface area (Å²) in [6.07, 6.45) is 5.13. The molecular weight excluding hydrogens is 180 g/mol. The van der Waals surface area contributed by atoms with Crippen LogP contribution in [0.1, 0.15) is 19.3 Å². The van der Waals surface area contributed by atoms with Gasteiger partial charge in [-0.2, -0.15) is 0 Å². The Morgan fingerprint density at radius 1 is 1.43 bits per heavy atom. The number of carboxylic acids is 1. The van der Waals surface area contributed by atoms with Crippen molar-refractivity contribution in [3.8, 4) is 0 Å². The van der Waals surface area contributed by atoms with Crippen LogP contribution in [0.5, 0.6) is 0 Å². The van der Waals surface area contributed by atoms with Crippen LogP contribution in [0, 0.1) is 0 Å². The third-order valence-electron chi connectivity index (χ3n) is 2.00. The van der Waals surface area contributed by atoms with Crippen molar-refractivity contribution in [2.75, 3.05) is 6.54 Å².